The van der Waals surface area contributed by atoms with Crippen molar-refractivity contribution in [3.8, 4) is 0 Å². The lowest BCUT2D eigenvalue weighted by atomic mass is 10.4. The second-order valence-corrected chi connectivity index (χ2v) is 3.57. The molecule has 0 rings (SSSR count). The second-order valence-electron chi connectivity index (χ2n) is 2.28. The van der Waals surface area contributed by atoms with Crippen LogP contribution in [0.15, 0.2) is 12.2 Å². The van der Waals surface area contributed by atoms with Crippen molar-refractivity contribution in [2.24, 2.45) is 0 Å². The van der Waals surface area contributed by atoms with Gasteiger partial charge < -0.3 is 13.9 Å². The molecule has 0 spiro atoms. The number of hydrogen-bond acceptors (Lipinski definition) is 4. The molecule has 0 N–H and O–H groups in total. The van der Waals surface area contributed by atoms with Crippen molar-refractivity contribution in [3.05, 3.63) is 12.2 Å². The first-order chi connectivity index (χ1) is 5.61. The summed E-state index contributed by atoms with van der Waals surface area (Å²) in [4.78, 5) is 10.9. The minimum absolute atomic E-state index is 0.367. The molecule has 0 saturated carbocycles. The van der Waals surface area contributed by atoms with E-state index in [1.807, 2.05) is 0 Å². The molecule has 0 atom stereocenters. The minimum atomic E-state index is -1.12. The number of hydrogen-bond donors (Lipinski definition) is 0. The predicted octanol–water partition coefficient (Wildman–Crippen LogP) is -0.234. The highest BCUT2D eigenvalue weighted by Crippen LogP contribution is 1.94. The van der Waals surface area contributed by atoms with Gasteiger partial charge in [0.15, 0.2) is 5.91 Å². The Morgan fingerprint density at radius 1 is 1.42 bits per heavy atom. The summed E-state index contributed by atoms with van der Waals surface area (Å²) in [6.07, 6.45) is 0. The fourth-order valence-electron chi connectivity index (χ4n) is 0.499. The molecule has 0 saturated heterocycles. The molecule has 0 aliphatic carbocycles. The van der Waals surface area contributed by atoms with Crippen molar-refractivity contribution in [2.75, 3.05) is 14.2 Å². The van der Waals surface area contributed by atoms with Gasteiger partial charge in [-0.15, -0.1) is 0 Å². The van der Waals surface area contributed by atoms with Gasteiger partial charge in [-0.25, -0.2) is 4.79 Å². The van der Waals surface area contributed by atoms with E-state index < -0.39 is 9.76 Å². The lowest BCUT2D eigenvalue weighted by molar-refractivity contribution is -0.132. The van der Waals surface area contributed by atoms with E-state index in [-0.39, 0.29) is 11.9 Å². The molecule has 70 valence electrons. The standard InChI is InChI=1S/C7H14O4Si/c1-5(2)6(8)11-12-7(9-3)10-4/h7H,1,12H2,2-4H3. The average molecular weight is 190 g/mol. The van der Waals surface area contributed by atoms with Gasteiger partial charge in [-0.1, -0.05) is 6.58 Å². The average Bonchev–Trinajstić information content (AvgIpc) is 2.05. The molecule has 5 heteroatoms. The van der Waals surface area contributed by atoms with Gasteiger partial charge in [0, 0.05) is 19.8 Å². The largest absolute Gasteiger partial charge is 0.516 e. The smallest absolute Gasteiger partial charge is 0.319 e. The summed E-state index contributed by atoms with van der Waals surface area (Å²) in [6, 6.07) is 0. The number of methoxy groups -OCH3 is 2. The van der Waals surface area contributed by atoms with Crippen LogP contribution in [0.2, 0.25) is 0 Å². The van der Waals surface area contributed by atoms with Crippen LogP contribution in [0.3, 0.4) is 0 Å². The van der Waals surface area contributed by atoms with E-state index in [4.69, 9.17) is 13.9 Å². The Balaban J connectivity index is 3.66. The summed E-state index contributed by atoms with van der Waals surface area (Å²) in [5, 5.41) is 0. The van der Waals surface area contributed by atoms with Crippen molar-refractivity contribution in [3.63, 3.8) is 0 Å². The summed E-state index contributed by atoms with van der Waals surface area (Å²) in [6.45, 7) is 5.05. The zero-order valence-corrected chi connectivity index (χ0v) is 9.04. The first-order valence-corrected chi connectivity index (χ1v) is 4.89. The zero-order valence-electron chi connectivity index (χ0n) is 7.62. The first kappa shape index (κ1) is 11.3. The number of rotatable bonds is 5. The summed E-state index contributed by atoms with van der Waals surface area (Å²) in [5.74, 6) is -0.742. The van der Waals surface area contributed by atoms with Gasteiger partial charge in [0.25, 0.3) is 9.76 Å². The molecular formula is C7H14O4Si. The molecule has 4 nitrogen and oxygen atoms in total. The van der Waals surface area contributed by atoms with Crippen molar-refractivity contribution in [1.29, 1.82) is 0 Å². The third kappa shape index (κ3) is 4.27. The van der Waals surface area contributed by atoms with E-state index in [9.17, 15) is 4.79 Å². The van der Waals surface area contributed by atoms with E-state index in [2.05, 4.69) is 6.58 Å². The third-order valence-electron chi connectivity index (χ3n) is 1.22. The van der Waals surface area contributed by atoms with Gasteiger partial charge in [0.2, 0.25) is 0 Å². The summed E-state index contributed by atoms with van der Waals surface area (Å²) in [5.41, 5.74) is 0.397. The Kier molecular flexibility index (Phi) is 5.61. The molecule has 0 bridgehead atoms. The summed E-state index contributed by atoms with van der Waals surface area (Å²) in [7, 11) is 1.90. The highest BCUT2D eigenvalue weighted by Gasteiger charge is 2.10. The van der Waals surface area contributed by atoms with Crippen LogP contribution in [0.5, 0.6) is 0 Å². The van der Waals surface area contributed by atoms with Crippen LogP contribution in [-0.4, -0.2) is 35.9 Å². The van der Waals surface area contributed by atoms with Gasteiger partial charge >= 0.3 is 5.97 Å². The molecule has 0 radical (unpaired) electrons. The van der Waals surface area contributed by atoms with Gasteiger partial charge in [-0.05, 0) is 6.92 Å². The molecule has 0 heterocycles. The summed E-state index contributed by atoms with van der Waals surface area (Å²) >= 11 is 0. The Labute approximate surface area is 74.4 Å². The number of ether oxygens (including phenoxy) is 2. The Morgan fingerprint density at radius 3 is 2.25 bits per heavy atom. The molecule has 0 unspecified atom stereocenters. The van der Waals surface area contributed by atoms with Crippen LogP contribution < -0.4 is 0 Å². The predicted molar refractivity (Wildman–Crippen MR) is 47.3 cm³/mol. The normalized spacial score (nSPS) is 11.0. The Morgan fingerprint density at radius 2 is 1.92 bits per heavy atom. The number of carbonyl (C=O) groups is 1. The SMILES string of the molecule is C=C(C)C(=O)O[SiH2]C(OC)OC. The molecule has 12 heavy (non-hydrogen) atoms. The zero-order chi connectivity index (χ0) is 9.56. The van der Waals surface area contributed by atoms with Crippen molar-refractivity contribution in [1.82, 2.24) is 0 Å². The van der Waals surface area contributed by atoms with Crippen LogP contribution in [-0.2, 0) is 18.7 Å². The highest BCUT2D eigenvalue weighted by atomic mass is 28.2. The lowest BCUT2D eigenvalue weighted by Crippen LogP contribution is -2.26. The first-order valence-electron chi connectivity index (χ1n) is 3.50. The molecule has 0 aliphatic heterocycles. The fraction of sp³-hybridized carbons (Fsp3) is 0.571. The molecule has 0 aromatic heterocycles. The van der Waals surface area contributed by atoms with E-state index in [0.717, 1.165) is 0 Å². The monoisotopic (exact) mass is 190 g/mol. The van der Waals surface area contributed by atoms with Crippen LogP contribution >= 0.6 is 0 Å². The molecule has 0 amide bonds. The van der Waals surface area contributed by atoms with E-state index in [1.54, 1.807) is 6.92 Å². The van der Waals surface area contributed by atoms with Crippen LogP contribution in [0, 0.1) is 0 Å². The van der Waals surface area contributed by atoms with Gasteiger partial charge in [-0.2, -0.15) is 0 Å². The Bertz CT molecular complexity index is 165. The van der Waals surface area contributed by atoms with Crippen molar-refractivity contribution >= 4 is 15.7 Å². The lowest BCUT2D eigenvalue weighted by Gasteiger charge is -2.12. The van der Waals surface area contributed by atoms with Crippen LogP contribution in [0.4, 0.5) is 0 Å². The van der Waals surface area contributed by atoms with E-state index in [0.29, 0.717) is 5.57 Å². The van der Waals surface area contributed by atoms with Crippen molar-refractivity contribution < 1.29 is 18.7 Å². The van der Waals surface area contributed by atoms with E-state index >= 15 is 0 Å². The van der Waals surface area contributed by atoms with Gasteiger partial charge in [0.05, 0.1) is 0 Å². The fourth-order valence-corrected chi connectivity index (χ4v) is 1.31. The number of carbonyl (C=O) groups excluding carboxylic acids is 1. The van der Waals surface area contributed by atoms with Crippen LogP contribution in [0.1, 0.15) is 6.92 Å². The Hall–Kier alpha value is -0.653. The molecule has 0 fully saturated rings. The van der Waals surface area contributed by atoms with Crippen LogP contribution in [0.25, 0.3) is 0 Å². The third-order valence-corrected chi connectivity index (χ3v) is 2.59. The molecule has 0 aliphatic rings. The molecular weight excluding hydrogens is 176 g/mol. The second kappa shape index (κ2) is 5.93. The molecule has 0 aromatic carbocycles. The topological polar surface area (TPSA) is 44.8 Å². The maximum atomic E-state index is 10.9. The summed E-state index contributed by atoms with van der Waals surface area (Å²) < 4.78 is 14.6. The minimum Gasteiger partial charge on any atom is -0.516 e. The maximum absolute atomic E-state index is 10.9. The van der Waals surface area contributed by atoms with Gasteiger partial charge in [0.1, 0.15) is 0 Å². The van der Waals surface area contributed by atoms with Crippen molar-refractivity contribution in [2.45, 2.75) is 12.8 Å². The quantitative estimate of drug-likeness (QED) is 0.341. The van der Waals surface area contributed by atoms with Gasteiger partial charge in [-0.3, -0.25) is 0 Å². The maximum Gasteiger partial charge on any atom is 0.319 e. The highest BCUT2D eigenvalue weighted by molar-refractivity contribution is 6.32. The molecule has 0 aromatic rings. The van der Waals surface area contributed by atoms with E-state index in [1.165, 1.54) is 14.2 Å².